The van der Waals surface area contributed by atoms with Gasteiger partial charge in [0.15, 0.2) is 0 Å². The van der Waals surface area contributed by atoms with E-state index in [4.69, 9.17) is 18.6 Å². The SMILES string of the molecule is CC1(C)[C-]=CC=C1.[Cl][Ti][Cl].c1ccc2[cH-]c(-n3ccc4ccccc43)cc2c1. The van der Waals surface area contributed by atoms with Crippen molar-refractivity contribution in [3.63, 3.8) is 0 Å². The summed E-state index contributed by atoms with van der Waals surface area (Å²) in [6.07, 6.45) is 11.4. The molecule has 1 aliphatic rings. The van der Waals surface area contributed by atoms with Crippen molar-refractivity contribution < 1.29 is 17.0 Å². The maximum Gasteiger partial charge on any atom is 0.0511 e. The van der Waals surface area contributed by atoms with Crippen molar-refractivity contribution >= 4 is 40.3 Å². The zero-order chi connectivity index (χ0) is 20.0. The molecule has 4 heteroatoms. The van der Waals surface area contributed by atoms with Crippen molar-refractivity contribution in [3.05, 3.63) is 97.2 Å². The zero-order valence-electron chi connectivity index (χ0n) is 15.9. The Morgan fingerprint density at radius 2 is 1.64 bits per heavy atom. The Bertz CT molecular complexity index is 1050. The van der Waals surface area contributed by atoms with Crippen LogP contribution in [-0.2, 0) is 17.0 Å². The molecule has 0 fully saturated rings. The molecule has 0 saturated carbocycles. The number of aromatic nitrogens is 1. The third-order valence-corrected chi connectivity index (χ3v) is 4.54. The van der Waals surface area contributed by atoms with Crippen molar-refractivity contribution in [2.45, 2.75) is 13.8 Å². The van der Waals surface area contributed by atoms with Crippen molar-refractivity contribution in [2.75, 3.05) is 0 Å². The Morgan fingerprint density at radius 3 is 2.25 bits per heavy atom. The van der Waals surface area contributed by atoms with E-state index in [9.17, 15) is 0 Å². The van der Waals surface area contributed by atoms with Crippen LogP contribution in [0.3, 0.4) is 0 Å². The molecular formula is C24H21Cl2NTi-2. The molecule has 5 rings (SSSR count). The van der Waals surface area contributed by atoms with Gasteiger partial charge in [-0.05, 0) is 23.2 Å². The minimum Gasteiger partial charge on any atom is -0.335 e. The van der Waals surface area contributed by atoms with Gasteiger partial charge in [0, 0.05) is 6.20 Å². The first kappa shape index (κ1) is 21.1. The van der Waals surface area contributed by atoms with Crippen LogP contribution >= 0.6 is 18.6 Å². The van der Waals surface area contributed by atoms with E-state index in [0.29, 0.717) is 0 Å². The van der Waals surface area contributed by atoms with E-state index in [2.05, 4.69) is 103 Å². The predicted octanol–water partition coefficient (Wildman–Crippen LogP) is 7.82. The van der Waals surface area contributed by atoms with Crippen molar-refractivity contribution in [1.82, 2.24) is 4.57 Å². The third-order valence-electron chi connectivity index (χ3n) is 4.54. The number of allylic oxidation sites excluding steroid dienone is 4. The van der Waals surface area contributed by atoms with Crippen LogP contribution in [-0.4, -0.2) is 4.57 Å². The second-order valence-corrected chi connectivity index (χ2v) is 9.63. The molecule has 0 saturated heterocycles. The van der Waals surface area contributed by atoms with Crippen LogP contribution < -0.4 is 0 Å². The van der Waals surface area contributed by atoms with Crippen molar-refractivity contribution in [3.8, 4) is 5.69 Å². The first-order valence-corrected chi connectivity index (χ1v) is 13.3. The van der Waals surface area contributed by atoms with E-state index < -0.39 is 17.0 Å². The van der Waals surface area contributed by atoms with E-state index in [0.717, 1.165) is 0 Å². The number of fused-ring (bicyclic) bond motifs is 2. The van der Waals surface area contributed by atoms with Gasteiger partial charge in [0.1, 0.15) is 0 Å². The molecule has 0 unspecified atom stereocenters. The van der Waals surface area contributed by atoms with E-state index in [1.54, 1.807) is 0 Å². The van der Waals surface area contributed by atoms with Gasteiger partial charge in [-0.2, -0.15) is 6.08 Å². The number of hydrogen-bond acceptors (Lipinski definition) is 0. The summed E-state index contributed by atoms with van der Waals surface area (Å²) < 4.78 is 2.25. The van der Waals surface area contributed by atoms with Crippen LogP contribution in [0.1, 0.15) is 13.8 Å². The smallest absolute Gasteiger partial charge is 0.0511 e. The summed E-state index contributed by atoms with van der Waals surface area (Å²) in [5, 5.41) is 3.87. The molecule has 1 aromatic heterocycles. The van der Waals surface area contributed by atoms with Gasteiger partial charge in [0.05, 0.1) is 5.52 Å². The molecule has 1 heterocycles. The number of benzene rings is 2. The number of para-hydroxylation sites is 1. The third kappa shape index (κ3) is 5.24. The molecule has 0 N–H and O–H groups in total. The minimum atomic E-state index is -0.556. The zero-order valence-corrected chi connectivity index (χ0v) is 18.9. The van der Waals surface area contributed by atoms with Gasteiger partial charge in [0.25, 0.3) is 0 Å². The molecule has 4 aromatic rings. The van der Waals surface area contributed by atoms with Crippen LogP contribution in [0.4, 0.5) is 0 Å². The maximum atomic E-state index is 4.89. The maximum absolute atomic E-state index is 4.89. The summed E-state index contributed by atoms with van der Waals surface area (Å²) in [5.41, 5.74) is 2.70. The molecule has 3 aromatic carbocycles. The molecule has 1 nitrogen and oxygen atoms in total. The Labute approximate surface area is 183 Å². The van der Waals surface area contributed by atoms with E-state index in [1.807, 2.05) is 12.2 Å². The van der Waals surface area contributed by atoms with Gasteiger partial charge in [0.2, 0.25) is 0 Å². The number of nitrogens with zero attached hydrogens (tertiary/aromatic N) is 1. The first-order valence-electron chi connectivity index (χ1n) is 9.01. The monoisotopic (exact) mass is 441 g/mol. The Kier molecular flexibility index (Phi) is 7.32. The van der Waals surface area contributed by atoms with E-state index in [-0.39, 0.29) is 5.41 Å². The molecule has 0 bridgehead atoms. The number of halogens is 2. The van der Waals surface area contributed by atoms with Gasteiger partial charge < -0.3 is 4.57 Å². The molecular weight excluding hydrogens is 421 g/mol. The Morgan fingerprint density at radius 1 is 0.964 bits per heavy atom. The number of rotatable bonds is 1. The standard InChI is InChI=1S/C17H12N.C7H9.2ClH.Ti/c1-2-7-15-12-16(11-14(15)6-1)18-10-9-13-5-3-4-8-17(13)18;1-7(2)5-3-4-6-7;;;/h1-12H;3-5H,1-2H3;2*1H;/q2*-1;;;+2/p-2. The minimum absolute atomic E-state index is 0.208. The van der Waals surface area contributed by atoms with Crippen LogP contribution in [0.5, 0.6) is 0 Å². The van der Waals surface area contributed by atoms with Crippen LogP contribution in [0.2, 0.25) is 0 Å². The van der Waals surface area contributed by atoms with Gasteiger partial charge in [-0.1, -0.05) is 43.5 Å². The fraction of sp³-hybridized carbons (Fsp3) is 0.125. The molecule has 0 amide bonds. The predicted molar refractivity (Wildman–Crippen MR) is 119 cm³/mol. The van der Waals surface area contributed by atoms with E-state index in [1.165, 1.54) is 27.4 Å². The topological polar surface area (TPSA) is 4.93 Å². The summed E-state index contributed by atoms with van der Waals surface area (Å²) in [6, 6.07) is 23.6. The molecule has 0 spiro atoms. The van der Waals surface area contributed by atoms with E-state index >= 15 is 0 Å². The normalized spacial score (nSPS) is 13.7. The van der Waals surface area contributed by atoms with Crippen molar-refractivity contribution in [1.29, 1.82) is 0 Å². The summed E-state index contributed by atoms with van der Waals surface area (Å²) >= 11 is -0.556. The molecule has 0 atom stereocenters. The summed E-state index contributed by atoms with van der Waals surface area (Å²) in [4.78, 5) is 0. The average molecular weight is 442 g/mol. The van der Waals surface area contributed by atoms with Gasteiger partial charge in [-0.15, -0.1) is 41.1 Å². The summed E-state index contributed by atoms with van der Waals surface area (Å²) in [6.45, 7) is 4.26. The first-order chi connectivity index (χ1) is 13.5. The van der Waals surface area contributed by atoms with Gasteiger partial charge >= 0.3 is 35.6 Å². The summed E-state index contributed by atoms with van der Waals surface area (Å²) in [5.74, 6) is 0. The molecule has 0 aliphatic heterocycles. The van der Waals surface area contributed by atoms with Crippen molar-refractivity contribution in [2.24, 2.45) is 5.41 Å². The quantitative estimate of drug-likeness (QED) is 0.209. The van der Waals surface area contributed by atoms with Crippen LogP contribution in [0.15, 0.2) is 91.2 Å². The average Bonchev–Trinajstić information content (AvgIpc) is 3.39. The fourth-order valence-corrected chi connectivity index (χ4v) is 3.18. The second kappa shape index (κ2) is 9.72. The molecule has 1 aliphatic carbocycles. The van der Waals surface area contributed by atoms with Gasteiger partial charge in [-0.3, -0.25) is 6.08 Å². The van der Waals surface area contributed by atoms with Gasteiger partial charge in [-0.25, -0.2) is 12.2 Å². The molecule has 28 heavy (non-hydrogen) atoms. The number of hydrogen-bond donors (Lipinski definition) is 0. The fourth-order valence-electron chi connectivity index (χ4n) is 3.18. The van der Waals surface area contributed by atoms with Crippen LogP contribution in [0, 0.1) is 11.5 Å². The molecule has 0 radical (unpaired) electrons. The summed E-state index contributed by atoms with van der Waals surface area (Å²) in [7, 11) is 9.78. The Balaban J connectivity index is 0.000000188. The van der Waals surface area contributed by atoms with Crippen LogP contribution in [0.25, 0.3) is 27.4 Å². The second-order valence-electron chi connectivity index (χ2n) is 7.05. The molecule has 142 valence electrons. The Hall–Kier alpha value is -1.64. The largest absolute Gasteiger partial charge is 0.335 e.